The van der Waals surface area contributed by atoms with E-state index in [0.717, 1.165) is 34.0 Å². The van der Waals surface area contributed by atoms with Gasteiger partial charge < -0.3 is 10.6 Å². The van der Waals surface area contributed by atoms with Crippen LogP contribution in [0.4, 0.5) is 5.69 Å². The molecule has 6 heteroatoms. The van der Waals surface area contributed by atoms with Gasteiger partial charge in [-0.1, -0.05) is 18.2 Å². The molecule has 32 heavy (non-hydrogen) atoms. The van der Waals surface area contributed by atoms with Gasteiger partial charge >= 0.3 is 0 Å². The SMILES string of the molecule is O=C(NCc1ccncc1)c1cccc(C2C[C@H]2C(=O)Nc2ccc3cnccc3c2)c1. The van der Waals surface area contributed by atoms with Crippen molar-refractivity contribution >= 4 is 28.3 Å². The molecule has 4 aromatic rings. The molecule has 2 heterocycles. The lowest BCUT2D eigenvalue weighted by molar-refractivity contribution is -0.117. The zero-order valence-corrected chi connectivity index (χ0v) is 17.4. The molecule has 158 valence electrons. The Kier molecular flexibility index (Phi) is 5.34. The van der Waals surface area contributed by atoms with E-state index in [1.54, 1.807) is 30.9 Å². The Bertz CT molecular complexity index is 1290. The van der Waals surface area contributed by atoms with Gasteiger partial charge in [0.15, 0.2) is 0 Å². The van der Waals surface area contributed by atoms with Crippen molar-refractivity contribution in [2.45, 2.75) is 18.9 Å². The molecule has 2 aromatic carbocycles. The summed E-state index contributed by atoms with van der Waals surface area (Å²) in [5, 5.41) is 8.03. The van der Waals surface area contributed by atoms with E-state index in [4.69, 9.17) is 0 Å². The number of anilines is 1. The Morgan fingerprint density at radius 2 is 1.75 bits per heavy atom. The number of nitrogens with one attached hydrogen (secondary N) is 2. The number of carbonyl (C=O) groups excluding carboxylic acids is 2. The van der Waals surface area contributed by atoms with Crippen LogP contribution in [0.3, 0.4) is 0 Å². The molecule has 0 spiro atoms. The molecule has 6 nitrogen and oxygen atoms in total. The van der Waals surface area contributed by atoms with Gasteiger partial charge in [-0.25, -0.2) is 0 Å². The number of amides is 2. The number of pyridine rings is 2. The van der Waals surface area contributed by atoms with Crippen LogP contribution in [0.5, 0.6) is 0 Å². The molecule has 0 bridgehead atoms. The van der Waals surface area contributed by atoms with Crippen molar-refractivity contribution in [3.05, 3.63) is 102 Å². The first-order valence-electron chi connectivity index (χ1n) is 10.6. The Labute approximate surface area is 185 Å². The van der Waals surface area contributed by atoms with Crippen LogP contribution in [0.1, 0.15) is 33.8 Å². The third-order valence-electron chi connectivity index (χ3n) is 5.81. The highest BCUT2D eigenvalue weighted by molar-refractivity contribution is 5.98. The maximum atomic E-state index is 12.8. The first-order chi connectivity index (χ1) is 15.7. The Hall–Kier alpha value is -4.06. The summed E-state index contributed by atoms with van der Waals surface area (Å²) in [7, 11) is 0. The van der Waals surface area contributed by atoms with Gasteiger partial charge in [0.2, 0.25) is 5.91 Å². The van der Waals surface area contributed by atoms with E-state index < -0.39 is 0 Å². The smallest absolute Gasteiger partial charge is 0.251 e. The van der Waals surface area contributed by atoms with E-state index in [0.29, 0.717) is 12.1 Å². The summed E-state index contributed by atoms with van der Waals surface area (Å²) < 4.78 is 0. The van der Waals surface area contributed by atoms with Crippen LogP contribution in [0.2, 0.25) is 0 Å². The average Bonchev–Trinajstić information content (AvgIpc) is 3.65. The van der Waals surface area contributed by atoms with Gasteiger partial charge in [-0.05, 0) is 71.3 Å². The molecule has 0 radical (unpaired) electrons. The molecule has 1 unspecified atom stereocenters. The number of rotatable bonds is 6. The zero-order valence-electron chi connectivity index (χ0n) is 17.4. The number of hydrogen-bond acceptors (Lipinski definition) is 4. The van der Waals surface area contributed by atoms with Crippen LogP contribution in [0.15, 0.2) is 85.5 Å². The second kappa shape index (κ2) is 8.59. The largest absolute Gasteiger partial charge is 0.348 e. The molecular weight excluding hydrogens is 400 g/mol. The monoisotopic (exact) mass is 422 g/mol. The van der Waals surface area contributed by atoms with Gasteiger partial charge in [0.05, 0.1) is 0 Å². The molecule has 0 saturated heterocycles. The predicted molar refractivity (Wildman–Crippen MR) is 123 cm³/mol. The van der Waals surface area contributed by atoms with Gasteiger partial charge in [0, 0.05) is 53.9 Å². The fraction of sp³-hybridized carbons (Fsp3) is 0.154. The second-order valence-electron chi connectivity index (χ2n) is 8.04. The summed E-state index contributed by atoms with van der Waals surface area (Å²) in [5.41, 5.74) is 3.40. The fourth-order valence-electron chi connectivity index (χ4n) is 3.94. The predicted octanol–water partition coefficient (Wildman–Crippen LogP) is 4.30. The van der Waals surface area contributed by atoms with E-state index in [-0.39, 0.29) is 23.7 Å². The fourth-order valence-corrected chi connectivity index (χ4v) is 3.94. The minimum absolute atomic E-state index is 0.0101. The quantitative estimate of drug-likeness (QED) is 0.485. The van der Waals surface area contributed by atoms with Crippen LogP contribution >= 0.6 is 0 Å². The second-order valence-corrected chi connectivity index (χ2v) is 8.04. The summed E-state index contributed by atoms with van der Waals surface area (Å²) in [6, 6.07) is 19.0. The highest BCUT2D eigenvalue weighted by atomic mass is 16.2. The number of carbonyl (C=O) groups is 2. The highest BCUT2D eigenvalue weighted by Crippen LogP contribution is 2.48. The Morgan fingerprint density at radius 3 is 2.62 bits per heavy atom. The first-order valence-corrected chi connectivity index (χ1v) is 10.6. The average molecular weight is 422 g/mol. The van der Waals surface area contributed by atoms with Gasteiger partial charge in [-0.3, -0.25) is 19.6 Å². The van der Waals surface area contributed by atoms with Gasteiger partial charge in [0.25, 0.3) is 5.91 Å². The number of benzene rings is 2. The maximum absolute atomic E-state index is 12.8. The van der Waals surface area contributed by atoms with Crippen LogP contribution in [0.25, 0.3) is 10.8 Å². The van der Waals surface area contributed by atoms with Crippen LogP contribution in [-0.2, 0) is 11.3 Å². The van der Waals surface area contributed by atoms with Gasteiger partial charge in [-0.15, -0.1) is 0 Å². The molecule has 1 aliphatic rings. The van der Waals surface area contributed by atoms with E-state index in [1.807, 2.05) is 54.6 Å². The summed E-state index contributed by atoms with van der Waals surface area (Å²) in [4.78, 5) is 33.4. The summed E-state index contributed by atoms with van der Waals surface area (Å²) in [6.45, 7) is 0.446. The van der Waals surface area contributed by atoms with Crippen molar-refractivity contribution in [2.24, 2.45) is 5.92 Å². The summed E-state index contributed by atoms with van der Waals surface area (Å²) >= 11 is 0. The van der Waals surface area contributed by atoms with Crippen molar-refractivity contribution < 1.29 is 9.59 Å². The van der Waals surface area contributed by atoms with E-state index in [1.165, 1.54) is 0 Å². The van der Waals surface area contributed by atoms with E-state index in [9.17, 15) is 9.59 Å². The molecule has 1 aliphatic carbocycles. The molecule has 1 fully saturated rings. The molecule has 2 aromatic heterocycles. The molecule has 2 amide bonds. The summed E-state index contributed by atoms with van der Waals surface area (Å²) in [5.74, 6) is -0.0715. The lowest BCUT2D eigenvalue weighted by atomic mass is 10.0. The summed E-state index contributed by atoms with van der Waals surface area (Å²) in [6.07, 6.45) is 7.74. The highest BCUT2D eigenvalue weighted by Gasteiger charge is 2.44. The van der Waals surface area contributed by atoms with E-state index in [2.05, 4.69) is 20.6 Å². The topological polar surface area (TPSA) is 84.0 Å². The number of hydrogen-bond donors (Lipinski definition) is 2. The maximum Gasteiger partial charge on any atom is 0.251 e. The number of nitrogens with zero attached hydrogens (tertiary/aromatic N) is 2. The number of aromatic nitrogens is 2. The lowest BCUT2D eigenvalue weighted by Crippen LogP contribution is -2.22. The standard InChI is InChI=1S/C26H22N4O2/c31-25(29-15-17-6-9-27-10-7-17)20-3-1-2-19(12-20)23-14-24(23)26(32)30-22-5-4-21-16-28-11-8-18(21)13-22/h1-13,16,23-24H,14-15H2,(H,29,31)(H,30,32)/t23?,24-/m1/s1. The Balaban J connectivity index is 1.21. The van der Waals surface area contributed by atoms with Crippen molar-refractivity contribution in [1.82, 2.24) is 15.3 Å². The third-order valence-corrected chi connectivity index (χ3v) is 5.81. The normalized spacial score (nSPS) is 17.0. The van der Waals surface area contributed by atoms with Crippen LogP contribution in [0, 0.1) is 5.92 Å². The van der Waals surface area contributed by atoms with Gasteiger partial charge in [-0.2, -0.15) is 0 Å². The van der Waals surface area contributed by atoms with Crippen LogP contribution < -0.4 is 10.6 Å². The van der Waals surface area contributed by atoms with Crippen molar-refractivity contribution in [1.29, 1.82) is 0 Å². The lowest BCUT2D eigenvalue weighted by Gasteiger charge is -2.08. The Morgan fingerprint density at radius 1 is 0.906 bits per heavy atom. The minimum atomic E-state index is -0.129. The third kappa shape index (κ3) is 4.34. The zero-order chi connectivity index (χ0) is 21.9. The minimum Gasteiger partial charge on any atom is -0.348 e. The molecule has 5 rings (SSSR count). The van der Waals surface area contributed by atoms with Crippen molar-refractivity contribution in [2.75, 3.05) is 5.32 Å². The van der Waals surface area contributed by atoms with Crippen molar-refractivity contribution in [3.8, 4) is 0 Å². The molecule has 2 atom stereocenters. The number of fused-ring (bicyclic) bond motifs is 1. The first kappa shape index (κ1) is 19.9. The van der Waals surface area contributed by atoms with Gasteiger partial charge in [0.1, 0.15) is 0 Å². The molecule has 0 aliphatic heterocycles. The molecule has 1 saturated carbocycles. The molecular formula is C26H22N4O2. The molecule has 2 N–H and O–H groups in total. The van der Waals surface area contributed by atoms with E-state index >= 15 is 0 Å². The van der Waals surface area contributed by atoms with Crippen molar-refractivity contribution in [3.63, 3.8) is 0 Å². The van der Waals surface area contributed by atoms with Crippen LogP contribution in [-0.4, -0.2) is 21.8 Å².